The Morgan fingerprint density at radius 3 is 2.29 bits per heavy atom. The average molecular weight is 470 g/mol. The van der Waals surface area contributed by atoms with Crippen LogP contribution in [0.4, 0.5) is 0 Å². The number of carbonyl (C=O) groups excluding carboxylic acids is 2. The van der Waals surface area contributed by atoms with Gasteiger partial charge in [-0.1, -0.05) is 13.0 Å². The molecule has 8 nitrogen and oxygen atoms in total. The molecule has 0 saturated heterocycles. The topological polar surface area (TPSA) is 106 Å². The van der Waals surface area contributed by atoms with Gasteiger partial charge in [-0.25, -0.2) is 4.79 Å². The molecule has 1 aliphatic rings. The molecule has 0 bridgehead atoms. The lowest BCUT2D eigenvalue weighted by atomic mass is 9.84. The molecule has 3 rings (SSSR count). The number of nitrogens with two attached hydrogens (primary N) is 1. The molecule has 0 amide bonds. The van der Waals surface area contributed by atoms with E-state index < -0.39 is 17.9 Å². The van der Waals surface area contributed by atoms with Crippen LogP contribution in [0.25, 0.3) is 11.1 Å². The molecule has 2 aromatic carbocycles. The Morgan fingerprint density at radius 1 is 1.03 bits per heavy atom. The number of carbonyl (C=O) groups is 2. The van der Waals surface area contributed by atoms with Crippen molar-refractivity contribution < 1.29 is 33.3 Å². The van der Waals surface area contributed by atoms with Crippen molar-refractivity contribution in [3.05, 3.63) is 53.4 Å². The van der Waals surface area contributed by atoms with E-state index in [0.717, 1.165) is 11.1 Å². The van der Waals surface area contributed by atoms with Gasteiger partial charge in [-0.15, -0.1) is 0 Å². The number of fused-ring (bicyclic) bond motifs is 1. The average Bonchev–Trinajstić information content (AvgIpc) is 2.83. The largest absolute Gasteiger partial charge is 0.497 e. The molecule has 2 aromatic rings. The minimum atomic E-state index is -0.688. The Kier molecular flexibility index (Phi) is 8.04. The van der Waals surface area contributed by atoms with E-state index in [4.69, 9.17) is 29.4 Å². The lowest BCUT2D eigenvalue weighted by molar-refractivity contribution is -0.148. The predicted molar refractivity (Wildman–Crippen MR) is 127 cm³/mol. The van der Waals surface area contributed by atoms with Gasteiger partial charge in [0.05, 0.1) is 33.4 Å². The molecule has 34 heavy (non-hydrogen) atoms. The smallest absolute Gasteiger partial charge is 0.340 e. The summed E-state index contributed by atoms with van der Waals surface area (Å²) < 4.78 is 27.2. The molecule has 0 aromatic heterocycles. The number of hydrogen-bond donors (Lipinski definition) is 1. The maximum atomic E-state index is 12.8. The summed E-state index contributed by atoms with van der Waals surface area (Å²) in [5.41, 5.74) is 8.52. The highest BCUT2D eigenvalue weighted by molar-refractivity contribution is 5.93. The molecule has 2 N–H and O–H groups in total. The molecule has 2 atom stereocenters. The Bertz CT molecular complexity index is 1070. The van der Waals surface area contributed by atoms with E-state index >= 15 is 0 Å². The van der Waals surface area contributed by atoms with Crippen molar-refractivity contribution in [3.63, 3.8) is 0 Å². The first-order valence-electron chi connectivity index (χ1n) is 11.2. The molecule has 0 spiro atoms. The molecule has 0 saturated carbocycles. The number of hydrogen-bond acceptors (Lipinski definition) is 8. The van der Waals surface area contributed by atoms with E-state index in [1.54, 1.807) is 33.3 Å². The highest BCUT2D eigenvalue weighted by Gasteiger charge is 2.36. The van der Waals surface area contributed by atoms with E-state index in [-0.39, 0.29) is 30.6 Å². The van der Waals surface area contributed by atoms with Crippen molar-refractivity contribution in [2.75, 3.05) is 20.8 Å². The zero-order valence-corrected chi connectivity index (χ0v) is 20.2. The number of methoxy groups -OCH3 is 2. The van der Waals surface area contributed by atoms with Gasteiger partial charge < -0.3 is 29.4 Å². The maximum absolute atomic E-state index is 12.8. The summed E-state index contributed by atoms with van der Waals surface area (Å²) in [6.07, 6.45) is 0.357. The van der Waals surface area contributed by atoms with Crippen LogP contribution >= 0.6 is 0 Å². The third-order valence-electron chi connectivity index (χ3n) is 5.68. The van der Waals surface area contributed by atoms with Gasteiger partial charge in [0, 0.05) is 17.5 Å². The molecule has 182 valence electrons. The Balaban J connectivity index is 2.08. The summed E-state index contributed by atoms with van der Waals surface area (Å²) in [5.74, 6) is -0.0993. The van der Waals surface area contributed by atoms with Gasteiger partial charge in [0.2, 0.25) is 5.88 Å². The van der Waals surface area contributed by atoms with Crippen LogP contribution < -0.4 is 19.9 Å². The predicted octanol–water partition coefficient (Wildman–Crippen LogP) is 4.31. The van der Waals surface area contributed by atoms with Crippen LogP contribution in [-0.2, 0) is 19.1 Å². The van der Waals surface area contributed by atoms with Crippen molar-refractivity contribution in [1.82, 2.24) is 0 Å². The third-order valence-corrected chi connectivity index (χ3v) is 5.68. The fraction of sp³-hybridized carbons (Fsp3) is 0.385. The second-order valence-electron chi connectivity index (χ2n) is 7.92. The van der Waals surface area contributed by atoms with Crippen molar-refractivity contribution in [3.8, 4) is 28.4 Å². The zero-order chi connectivity index (χ0) is 24.8. The van der Waals surface area contributed by atoms with Crippen LogP contribution in [-0.4, -0.2) is 38.9 Å². The summed E-state index contributed by atoms with van der Waals surface area (Å²) in [4.78, 5) is 25.5. The Labute approximate surface area is 199 Å². The summed E-state index contributed by atoms with van der Waals surface area (Å²) >= 11 is 0. The van der Waals surface area contributed by atoms with Crippen LogP contribution in [0, 0.1) is 0 Å². The van der Waals surface area contributed by atoms with E-state index in [0.29, 0.717) is 29.2 Å². The lowest BCUT2D eigenvalue weighted by Gasteiger charge is -2.28. The second kappa shape index (κ2) is 11.0. The van der Waals surface area contributed by atoms with E-state index in [2.05, 4.69) is 0 Å². The number of esters is 2. The molecule has 1 heterocycles. The SMILES string of the molecule is CCOC(=O)C1=C(N)Oc2ccc(-c3cc(OC)cc(OC)c3)cc2[C@H]1CC(=O)O[C@H](C)CC. The van der Waals surface area contributed by atoms with Crippen molar-refractivity contribution >= 4 is 11.9 Å². The Hall–Kier alpha value is -3.68. The van der Waals surface area contributed by atoms with E-state index in [9.17, 15) is 9.59 Å². The summed E-state index contributed by atoms with van der Waals surface area (Å²) in [7, 11) is 3.16. The van der Waals surface area contributed by atoms with E-state index in [1.807, 2.05) is 38.1 Å². The second-order valence-corrected chi connectivity index (χ2v) is 7.92. The van der Waals surface area contributed by atoms with Gasteiger partial charge in [-0.05, 0) is 55.7 Å². The van der Waals surface area contributed by atoms with Gasteiger partial charge in [-0.3, -0.25) is 4.79 Å². The molecule has 0 unspecified atom stereocenters. The normalized spacial score (nSPS) is 15.6. The monoisotopic (exact) mass is 469 g/mol. The van der Waals surface area contributed by atoms with Crippen molar-refractivity contribution in [2.24, 2.45) is 5.73 Å². The van der Waals surface area contributed by atoms with Crippen LogP contribution in [0.1, 0.15) is 45.1 Å². The molecule has 8 heteroatoms. The minimum Gasteiger partial charge on any atom is -0.497 e. The minimum absolute atomic E-state index is 0.0805. The summed E-state index contributed by atoms with van der Waals surface area (Å²) in [5, 5.41) is 0. The van der Waals surface area contributed by atoms with Gasteiger partial charge in [-0.2, -0.15) is 0 Å². The maximum Gasteiger partial charge on any atom is 0.340 e. The zero-order valence-electron chi connectivity index (χ0n) is 20.2. The molecule has 0 radical (unpaired) electrons. The quantitative estimate of drug-likeness (QED) is 0.542. The van der Waals surface area contributed by atoms with Crippen LogP contribution in [0.5, 0.6) is 17.2 Å². The summed E-state index contributed by atoms with van der Waals surface area (Å²) in [6.45, 7) is 5.61. The fourth-order valence-electron chi connectivity index (χ4n) is 3.75. The van der Waals surface area contributed by atoms with Crippen molar-refractivity contribution in [1.29, 1.82) is 0 Å². The lowest BCUT2D eigenvalue weighted by Crippen LogP contribution is -2.29. The highest BCUT2D eigenvalue weighted by atomic mass is 16.5. The van der Waals surface area contributed by atoms with Crippen molar-refractivity contribution in [2.45, 2.75) is 45.6 Å². The highest BCUT2D eigenvalue weighted by Crippen LogP contribution is 2.43. The third kappa shape index (κ3) is 5.44. The summed E-state index contributed by atoms with van der Waals surface area (Å²) in [6, 6.07) is 11.0. The van der Waals surface area contributed by atoms with Gasteiger partial charge >= 0.3 is 11.9 Å². The first kappa shape index (κ1) is 25.0. The molecular formula is C26H31NO7. The van der Waals surface area contributed by atoms with Gasteiger partial charge in [0.1, 0.15) is 22.8 Å². The standard InChI is InChI=1S/C26H31NO7/c1-6-15(3)33-23(28)14-21-20-12-16(17-10-18(30-4)13-19(11-17)31-5)8-9-22(20)34-25(27)24(21)26(29)32-7-2/h8-13,15,21H,6-7,14,27H2,1-5H3/t15-,21-/m1/s1. The van der Waals surface area contributed by atoms with Crippen LogP contribution in [0.3, 0.4) is 0 Å². The molecule has 0 aliphatic carbocycles. The molecular weight excluding hydrogens is 438 g/mol. The van der Waals surface area contributed by atoms with Crippen LogP contribution in [0.2, 0.25) is 0 Å². The number of ether oxygens (including phenoxy) is 5. The number of rotatable bonds is 9. The van der Waals surface area contributed by atoms with Crippen LogP contribution in [0.15, 0.2) is 47.9 Å². The fourth-order valence-corrected chi connectivity index (χ4v) is 3.75. The molecule has 0 fully saturated rings. The van der Waals surface area contributed by atoms with Gasteiger partial charge in [0.25, 0.3) is 0 Å². The first-order valence-corrected chi connectivity index (χ1v) is 11.2. The Morgan fingerprint density at radius 2 is 1.71 bits per heavy atom. The number of benzene rings is 2. The molecule has 1 aliphatic heterocycles. The van der Waals surface area contributed by atoms with E-state index in [1.165, 1.54) is 0 Å². The first-order chi connectivity index (χ1) is 16.3. The van der Waals surface area contributed by atoms with Gasteiger partial charge in [0.15, 0.2) is 0 Å².